The van der Waals surface area contributed by atoms with Crippen molar-refractivity contribution in [3.8, 4) is 0 Å². The lowest BCUT2D eigenvalue weighted by molar-refractivity contribution is 0.731. The van der Waals surface area contributed by atoms with Gasteiger partial charge in [0.05, 0.1) is 0 Å². The number of halogens is 1. The summed E-state index contributed by atoms with van der Waals surface area (Å²) in [6.07, 6.45) is 2.24. The number of aromatic nitrogens is 5. The van der Waals surface area contributed by atoms with Crippen molar-refractivity contribution in [2.24, 2.45) is 0 Å². The molecule has 2 heterocycles. The van der Waals surface area contributed by atoms with Gasteiger partial charge in [0, 0.05) is 15.9 Å². The molecule has 114 valence electrons. The van der Waals surface area contributed by atoms with Crippen LogP contribution in [-0.4, -0.2) is 37.6 Å². The summed E-state index contributed by atoms with van der Waals surface area (Å²) in [6, 6.07) is 12.0. The molecule has 0 unspecified atom stereocenters. The van der Waals surface area contributed by atoms with Gasteiger partial charge in [0.1, 0.15) is 5.82 Å². The number of hydrogen-bond acceptors (Lipinski definition) is 6. The third-order valence-corrected chi connectivity index (χ3v) is 5.15. The van der Waals surface area contributed by atoms with Crippen LogP contribution in [0, 0.1) is 0 Å². The number of nitrogens with one attached hydrogen (secondary N) is 1. The van der Waals surface area contributed by atoms with Crippen LogP contribution < -0.4 is 5.32 Å². The molecule has 0 aliphatic heterocycles. The van der Waals surface area contributed by atoms with Crippen molar-refractivity contribution < 1.29 is 0 Å². The van der Waals surface area contributed by atoms with Gasteiger partial charge >= 0.3 is 0 Å². The van der Waals surface area contributed by atoms with Gasteiger partial charge in [0.2, 0.25) is 0 Å². The lowest BCUT2D eigenvalue weighted by Gasteiger charge is -2.06. The predicted molar refractivity (Wildman–Crippen MR) is 91.2 cm³/mol. The van der Waals surface area contributed by atoms with E-state index in [1.807, 2.05) is 30.0 Å². The fourth-order valence-electron chi connectivity index (χ4n) is 1.93. The molecule has 0 atom stereocenters. The molecule has 6 nitrogen and oxygen atoms in total. The number of rotatable bonds is 7. The molecule has 0 fully saturated rings. The third-order valence-electron chi connectivity index (χ3n) is 3.04. The normalized spacial score (nSPS) is 11.0. The maximum absolute atomic E-state index is 4.27. The number of anilines is 1. The van der Waals surface area contributed by atoms with Crippen molar-refractivity contribution in [1.29, 1.82) is 0 Å². The number of hydrogen-bond donors (Lipinski definition) is 1. The highest BCUT2D eigenvalue weighted by Gasteiger charge is 2.01. The third kappa shape index (κ3) is 3.95. The fraction of sp³-hybridized carbons (Fsp3) is 0.286. The molecule has 0 saturated heterocycles. The van der Waals surface area contributed by atoms with Crippen LogP contribution in [0.5, 0.6) is 0 Å². The Hall–Kier alpha value is -1.67. The topological polar surface area (TPSA) is 68.0 Å². The number of tetrazole rings is 1. The first-order chi connectivity index (χ1) is 10.8. The highest BCUT2D eigenvalue weighted by molar-refractivity contribution is 9.10. The molecule has 0 bridgehead atoms. The summed E-state index contributed by atoms with van der Waals surface area (Å²) in [5.41, 5.74) is 0.649. The molecule has 1 N–H and O–H groups in total. The number of thioether (sulfide) groups is 1. The van der Waals surface area contributed by atoms with E-state index >= 15 is 0 Å². The molecule has 0 spiro atoms. The molecular weight excluding hydrogens is 364 g/mol. The summed E-state index contributed by atoms with van der Waals surface area (Å²) in [7, 11) is 0. The van der Waals surface area contributed by atoms with Crippen LogP contribution in [0.4, 0.5) is 5.82 Å². The first-order valence-corrected chi connectivity index (χ1v) is 8.77. The van der Waals surface area contributed by atoms with Crippen LogP contribution in [0.25, 0.3) is 5.65 Å². The minimum absolute atomic E-state index is 0.649. The molecule has 3 aromatic rings. The fourth-order valence-corrected chi connectivity index (χ4v) is 3.51. The van der Waals surface area contributed by atoms with Gasteiger partial charge in [-0.2, -0.15) is 0 Å². The minimum Gasteiger partial charge on any atom is -0.369 e. The Balaban J connectivity index is 1.38. The maximum Gasteiger partial charge on any atom is 0.200 e. The molecule has 2 aromatic heterocycles. The van der Waals surface area contributed by atoms with E-state index in [1.54, 1.807) is 0 Å². The van der Waals surface area contributed by atoms with E-state index in [-0.39, 0.29) is 0 Å². The monoisotopic (exact) mass is 378 g/mol. The molecule has 0 aliphatic rings. The van der Waals surface area contributed by atoms with Gasteiger partial charge in [-0.15, -0.1) is 26.6 Å². The van der Waals surface area contributed by atoms with Crippen molar-refractivity contribution in [3.63, 3.8) is 0 Å². The summed E-state index contributed by atoms with van der Waals surface area (Å²) < 4.78 is 2.59. The molecule has 0 radical (unpaired) electrons. The van der Waals surface area contributed by atoms with Crippen molar-refractivity contribution in [3.05, 3.63) is 40.9 Å². The molecule has 1 aromatic carbocycles. The average Bonchev–Trinajstić information content (AvgIpc) is 3.00. The van der Waals surface area contributed by atoms with Gasteiger partial charge in [-0.1, -0.05) is 12.1 Å². The number of benzene rings is 1. The van der Waals surface area contributed by atoms with E-state index in [0.29, 0.717) is 5.65 Å². The lowest BCUT2D eigenvalue weighted by Crippen LogP contribution is -2.06. The highest BCUT2D eigenvalue weighted by atomic mass is 79.9. The van der Waals surface area contributed by atoms with Crippen LogP contribution in [0.2, 0.25) is 0 Å². The second-order valence-electron chi connectivity index (χ2n) is 4.66. The predicted octanol–water partition coefficient (Wildman–Crippen LogP) is 3.27. The van der Waals surface area contributed by atoms with Gasteiger partial charge in [-0.3, -0.25) is 0 Å². The first kappa shape index (κ1) is 15.2. The van der Waals surface area contributed by atoms with E-state index in [9.17, 15) is 0 Å². The summed E-state index contributed by atoms with van der Waals surface area (Å²) >= 11 is 5.44. The van der Waals surface area contributed by atoms with Crippen molar-refractivity contribution in [1.82, 2.24) is 25.3 Å². The Morgan fingerprint density at radius 2 is 2.05 bits per heavy atom. The largest absolute Gasteiger partial charge is 0.369 e. The Morgan fingerprint density at radius 3 is 2.95 bits per heavy atom. The SMILES string of the molecule is Brc1ccccc1SCCCCNc1ccc2nnnn2n1. The van der Waals surface area contributed by atoms with E-state index < -0.39 is 0 Å². The molecule has 0 amide bonds. The Bertz CT molecular complexity index is 747. The smallest absolute Gasteiger partial charge is 0.200 e. The van der Waals surface area contributed by atoms with Gasteiger partial charge in [-0.05, 0) is 69.2 Å². The van der Waals surface area contributed by atoms with Crippen LogP contribution in [-0.2, 0) is 0 Å². The van der Waals surface area contributed by atoms with E-state index in [0.717, 1.165) is 35.4 Å². The van der Waals surface area contributed by atoms with Crippen LogP contribution in [0.1, 0.15) is 12.8 Å². The van der Waals surface area contributed by atoms with Crippen LogP contribution >= 0.6 is 27.7 Å². The molecule has 3 rings (SSSR count). The van der Waals surface area contributed by atoms with Gasteiger partial charge < -0.3 is 5.32 Å². The summed E-state index contributed by atoms with van der Waals surface area (Å²) in [6.45, 7) is 0.886. The van der Waals surface area contributed by atoms with Gasteiger partial charge in [0.15, 0.2) is 5.65 Å². The van der Waals surface area contributed by atoms with Gasteiger partial charge in [0.25, 0.3) is 0 Å². The summed E-state index contributed by atoms with van der Waals surface area (Å²) in [5.74, 6) is 1.89. The van der Waals surface area contributed by atoms with E-state index in [2.05, 4.69) is 60.1 Å². The molecular formula is C14H15BrN6S. The molecule has 8 heteroatoms. The van der Waals surface area contributed by atoms with Crippen molar-refractivity contribution in [2.45, 2.75) is 17.7 Å². The first-order valence-electron chi connectivity index (χ1n) is 6.99. The average molecular weight is 379 g/mol. The van der Waals surface area contributed by atoms with Gasteiger partial charge in [-0.25, -0.2) is 0 Å². The zero-order chi connectivity index (χ0) is 15.2. The second-order valence-corrected chi connectivity index (χ2v) is 6.65. The Kier molecular flexibility index (Phi) is 5.23. The van der Waals surface area contributed by atoms with Crippen LogP contribution in [0.15, 0.2) is 45.8 Å². The lowest BCUT2D eigenvalue weighted by atomic mass is 10.3. The van der Waals surface area contributed by atoms with Crippen molar-refractivity contribution >= 4 is 39.2 Å². The highest BCUT2D eigenvalue weighted by Crippen LogP contribution is 2.27. The van der Waals surface area contributed by atoms with Crippen molar-refractivity contribution in [2.75, 3.05) is 17.6 Å². The number of fused-ring (bicyclic) bond motifs is 1. The molecule has 22 heavy (non-hydrogen) atoms. The molecule has 0 saturated carbocycles. The second kappa shape index (κ2) is 7.55. The van der Waals surface area contributed by atoms with E-state index in [1.165, 1.54) is 9.53 Å². The summed E-state index contributed by atoms with van der Waals surface area (Å²) in [4.78, 5) is 1.29. The quantitative estimate of drug-likeness (QED) is 0.502. The Labute approximate surface area is 140 Å². The zero-order valence-corrected chi connectivity index (χ0v) is 14.2. The maximum atomic E-state index is 4.27. The van der Waals surface area contributed by atoms with Crippen LogP contribution in [0.3, 0.4) is 0 Å². The summed E-state index contributed by atoms with van der Waals surface area (Å²) in [5, 5.41) is 18.7. The number of nitrogens with zero attached hydrogens (tertiary/aromatic N) is 5. The van der Waals surface area contributed by atoms with E-state index in [4.69, 9.17) is 0 Å². The molecule has 0 aliphatic carbocycles. The number of unbranched alkanes of at least 4 members (excludes halogenated alkanes) is 1. The Morgan fingerprint density at radius 1 is 1.14 bits per heavy atom. The standard InChI is InChI=1S/C14H15BrN6S/c15-11-5-1-2-6-12(11)22-10-4-3-9-16-13-7-8-14-17-19-20-21(14)18-13/h1-2,5-8H,3-4,9-10H2,(H,16,18). The minimum atomic E-state index is 0.649. The zero-order valence-electron chi connectivity index (χ0n) is 11.8.